The second-order valence-electron chi connectivity index (χ2n) is 5.92. The highest BCUT2D eigenvalue weighted by atomic mass is 16.1. The van der Waals surface area contributed by atoms with Crippen LogP contribution in [0, 0.1) is 5.92 Å². The Hall–Kier alpha value is -1.38. The summed E-state index contributed by atoms with van der Waals surface area (Å²) in [6.45, 7) is 7.04. The van der Waals surface area contributed by atoms with Gasteiger partial charge in [-0.05, 0) is 37.8 Å². The summed E-state index contributed by atoms with van der Waals surface area (Å²) < 4.78 is 0. The van der Waals surface area contributed by atoms with Crippen molar-refractivity contribution in [2.75, 3.05) is 11.4 Å². The predicted molar refractivity (Wildman–Crippen MR) is 78.7 cm³/mol. The van der Waals surface area contributed by atoms with Crippen LogP contribution in [0.25, 0.3) is 0 Å². The maximum atomic E-state index is 11.8. The molecule has 1 fully saturated rings. The molecule has 0 amide bonds. The van der Waals surface area contributed by atoms with Crippen LogP contribution in [-0.2, 0) is 0 Å². The third-order valence-corrected chi connectivity index (χ3v) is 3.77. The van der Waals surface area contributed by atoms with E-state index >= 15 is 0 Å². The molecule has 1 aliphatic carbocycles. The number of hydrogen-bond donors (Lipinski definition) is 0. The minimum absolute atomic E-state index is 0.106. The van der Waals surface area contributed by atoms with E-state index in [2.05, 4.69) is 23.7 Å². The Bertz CT molecular complexity index is 436. The molecule has 19 heavy (non-hydrogen) atoms. The SMILES string of the molecule is CC(=O)c1cccnc1N(CC(C)C)C1CCCC1. The van der Waals surface area contributed by atoms with E-state index in [1.165, 1.54) is 25.7 Å². The van der Waals surface area contributed by atoms with E-state index in [1.54, 1.807) is 13.1 Å². The van der Waals surface area contributed by atoms with Gasteiger partial charge in [-0.25, -0.2) is 4.98 Å². The van der Waals surface area contributed by atoms with Crippen molar-refractivity contribution in [3.63, 3.8) is 0 Å². The number of carbonyl (C=O) groups is 1. The van der Waals surface area contributed by atoms with Gasteiger partial charge in [0.15, 0.2) is 5.78 Å². The van der Waals surface area contributed by atoms with E-state index in [1.807, 2.05) is 12.1 Å². The minimum Gasteiger partial charge on any atom is -0.353 e. The Balaban J connectivity index is 2.34. The van der Waals surface area contributed by atoms with Crippen LogP contribution in [0.1, 0.15) is 56.8 Å². The van der Waals surface area contributed by atoms with Crippen LogP contribution in [-0.4, -0.2) is 23.4 Å². The summed E-state index contributed by atoms with van der Waals surface area (Å²) in [6.07, 6.45) is 6.83. The molecule has 0 N–H and O–H groups in total. The van der Waals surface area contributed by atoms with E-state index < -0.39 is 0 Å². The van der Waals surface area contributed by atoms with E-state index in [0.717, 1.165) is 17.9 Å². The zero-order valence-electron chi connectivity index (χ0n) is 12.2. The molecule has 104 valence electrons. The van der Waals surface area contributed by atoms with Crippen LogP contribution < -0.4 is 4.90 Å². The van der Waals surface area contributed by atoms with Crippen LogP contribution in [0.2, 0.25) is 0 Å². The van der Waals surface area contributed by atoms with Crippen molar-refractivity contribution in [2.45, 2.75) is 52.5 Å². The van der Waals surface area contributed by atoms with Crippen LogP contribution in [0.5, 0.6) is 0 Å². The zero-order chi connectivity index (χ0) is 13.8. The van der Waals surface area contributed by atoms with E-state index in [4.69, 9.17) is 0 Å². The van der Waals surface area contributed by atoms with Gasteiger partial charge in [-0.15, -0.1) is 0 Å². The number of Topliss-reactive ketones (excluding diaryl/α,β-unsaturated/α-hetero) is 1. The number of hydrogen-bond acceptors (Lipinski definition) is 3. The molecule has 1 aliphatic rings. The number of rotatable bonds is 5. The molecule has 1 aromatic heterocycles. The third kappa shape index (κ3) is 3.34. The molecule has 0 unspecified atom stereocenters. The minimum atomic E-state index is 0.106. The van der Waals surface area contributed by atoms with E-state index in [-0.39, 0.29) is 5.78 Å². The van der Waals surface area contributed by atoms with E-state index in [9.17, 15) is 4.79 Å². The summed E-state index contributed by atoms with van der Waals surface area (Å²) in [5.41, 5.74) is 0.759. The van der Waals surface area contributed by atoms with Crippen LogP contribution in [0.3, 0.4) is 0 Å². The quantitative estimate of drug-likeness (QED) is 0.757. The van der Waals surface area contributed by atoms with Gasteiger partial charge >= 0.3 is 0 Å². The number of carbonyl (C=O) groups excluding carboxylic acids is 1. The molecule has 0 radical (unpaired) electrons. The summed E-state index contributed by atoms with van der Waals surface area (Å²) in [7, 11) is 0. The highest BCUT2D eigenvalue weighted by Crippen LogP contribution is 2.30. The van der Waals surface area contributed by atoms with Crippen molar-refractivity contribution < 1.29 is 4.79 Å². The number of nitrogens with zero attached hydrogens (tertiary/aromatic N) is 2. The molecule has 2 rings (SSSR count). The number of anilines is 1. The normalized spacial score (nSPS) is 16.0. The first-order chi connectivity index (χ1) is 9.09. The Morgan fingerprint density at radius 3 is 2.68 bits per heavy atom. The fraction of sp³-hybridized carbons (Fsp3) is 0.625. The highest BCUT2D eigenvalue weighted by molar-refractivity contribution is 5.98. The lowest BCUT2D eigenvalue weighted by atomic mass is 10.1. The molecule has 0 saturated heterocycles. The van der Waals surface area contributed by atoms with Gasteiger partial charge in [0.1, 0.15) is 5.82 Å². The molecule has 3 heteroatoms. The second-order valence-corrected chi connectivity index (χ2v) is 5.92. The van der Waals surface area contributed by atoms with Crippen LogP contribution >= 0.6 is 0 Å². The average Bonchev–Trinajstić information content (AvgIpc) is 2.89. The summed E-state index contributed by atoms with van der Waals surface area (Å²) in [4.78, 5) is 18.7. The molecule has 0 aliphatic heterocycles. The maximum Gasteiger partial charge on any atom is 0.163 e. The van der Waals surface area contributed by atoms with Gasteiger partial charge in [0.2, 0.25) is 0 Å². The number of ketones is 1. The predicted octanol–water partition coefficient (Wildman–Crippen LogP) is 3.69. The first-order valence-electron chi connectivity index (χ1n) is 7.32. The first kappa shape index (κ1) is 14.0. The van der Waals surface area contributed by atoms with Crippen LogP contribution in [0.4, 0.5) is 5.82 Å². The molecule has 3 nitrogen and oxygen atoms in total. The lowest BCUT2D eigenvalue weighted by molar-refractivity contribution is 0.101. The summed E-state index contributed by atoms with van der Waals surface area (Å²) in [5.74, 6) is 1.56. The van der Waals surface area contributed by atoms with Crippen LogP contribution in [0.15, 0.2) is 18.3 Å². The van der Waals surface area contributed by atoms with Crippen molar-refractivity contribution in [1.82, 2.24) is 4.98 Å². The van der Waals surface area contributed by atoms with Gasteiger partial charge < -0.3 is 4.90 Å². The standard InChI is InChI=1S/C16H24N2O/c1-12(2)11-18(14-7-4-5-8-14)16-15(13(3)19)9-6-10-17-16/h6,9-10,12,14H,4-5,7-8,11H2,1-3H3. The van der Waals surface area contributed by atoms with Gasteiger partial charge in [-0.2, -0.15) is 0 Å². The molecule has 0 bridgehead atoms. The Morgan fingerprint density at radius 2 is 2.11 bits per heavy atom. The Labute approximate surface area is 116 Å². The summed E-state index contributed by atoms with van der Waals surface area (Å²) >= 11 is 0. The smallest absolute Gasteiger partial charge is 0.163 e. The largest absolute Gasteiger partial charge is 0.353 e. The van der Waals surface area contributed by atoms with Crippen molar-refractivity contribution in [3.05, 3.63) is 23.9 Å². The molecular weight excluding hydrogens is 236 g/mol. The lowest BCUT2D eigenvalue weighted by Gasteiger charge is -2.32. The van der Waals surface area contributed by atoms with Crippen molar-refractivity contribution >= 4 is 11.6 Å². The van der Waals surface area contributed by atoms with E-state index in [0.29, 0.717) is 12.0 Å². The molecule has 1 aromatic rings. The second kappa shape index (κ2) is 6.18. The van der Waals surface area contributed by atoms with Crippen molar-refractivity contribution in [1.29, 1.82) is 0 Å². The highest BCUT2D eigenvalue weighted by Gasteiger charge is 2.26. The molecular formula is C16H24N2O. The molecule has 0 atom stereocenters. The van der Waals surface area contributed by atoms with Crippen molar-refractivity contribution in [3.8, 4) is 0 Å². The van der Waals surface area contributed by atoms with Gasteiger partial charge in [0.25, 0.3) is 0 Å². The third-order valence-electron chi connectivity index (χ3n) is 3.77. The Morgan fingerprint density at radius 1 is 1.42 bits per heavy atom. The van der Waals surface area contributed by atoms with Crippen molar-refractivity contribution in [2.24, 2.45) is 5.92 Å². The maximum absolute atomic E-state index is 11.8. The first-order valence-corrected chi connectivity index (χ1v) is 7.32. The van der Waals surface area contributed by atoms with Gasteiger partial charge in [0.05, 0.1) is 5.56 Å². The molecule has 0 spiro atoms. The molecule has 1 saturated carbocycles. The van der Waals surface area contributed by atoms with Gasteiger partial charge in [-0.3, -0.25) is 4.79 Å². The zero-order valence-corrected chi connectivity index (χ0v) is 12.2. The summed E-state index contributed by atoms with van der Waals surface area (Å²) in [6, 6.07) is 4.30. The fourth-order valence-corrected chi connectivity index (χ4v) is 2.92. The number of pyridine rings is 1. The molecule has 0 aromatic carbocycles. The average molecular weight is 260 g/mol. The Kier molecular flexibility index (Phi) is 4.56. The molecule has 1 heterocycles. The number of aromatic nitrogens is 1. The van der Waals surface area contributed by atoms with Gasteiger partial charge in [-0.1, -0.05) is 26.7 Å². The monoisotopic (exact) mass is 260 g/mol. The lowest BCUT2D eigenvalue weighted by Crippen LogP contribution is -2.37. The topological polar surface area (TPSA) is 33.2 Å². The fourth-order valence-electron chi connectivity index (χ4n) is 2.92. The summed E-state index contributed by atoms with van der Waals surface area (Å²) in [5, 5.41) is 0. The van der Waals surface area contributed by atoms with Gasteiger partial charge in [0, 0.05) is 18.8 Å².